The van der Waals surface area contributed by atoms with E-state index in [0.717, 1.165) is 0 Å². The van der Waals surface area contributed by atoms with Crippen molar-refractivity contribution in [3.05, 3.63) is 59.2 Å². The van der Waals surface area contributed by atoms with Crippen molar-refractivity contribution in [2.75, 3.05) is 11.9 Å². The van der Waals surface area contributed by atoms with Crippen LogP contribution in [0.15, 0.2) is 47.4 Å². The first-order valence-corrected chi connectivity index (χ1v) is 9.75. The molecule has 1 amide bonds. The van der Waals surface area contributed by atoms with Crippen LogP contribution >= 0.6 is 0 Å². The summed E-state index contributed by atoms with van der Waals surface area (Å²) in [6, 6.07) is 10.2. The number of nitrogens with one attached hydrogen (secondary N) is 1. The highest BCUT2D eigenvalue weighted by Crippen LogP contribution is 2.21. The molecule has 0 heterocycles. The average molecular weight is 416 g/mol. The third-order valence-electron chi connectivity index (χ3n) is 3.76. The van der Waals surface area contributed by atoms with Crippen LogP contribution in [-0.2, 0) is 27.8 Å². The maximum atomic E-state index is 12.3. The molecule has 0 spiro atoms. The van der Waals surface area contributed by atoms with Crippen LogP contribution in [0.2, 0.25) is 0 Å². The van der Waals surface area contributed by atoms with Gasteiger partial charge in [-0.25, -0.2) is 13.6 Å². The fraction of sp³-hybridized carbons (Fsp3) is 0.278. The van der Waals surface area contributed by atoms with Crippen molar-refractivity contribution in [3.8, 4) is 0 Å². The van der Waals surface area contributed by atoms with Crippen LogP contribution in [0, 0.1) is 0 Å². The normalized spacial score (nSPS) is 12.0. The Labute approximate surface area is 160 Å². The van der Waals surface area contributed by atoms with Crippen molar-refractivity contribution >= 4 is 21.6 Å². The van der Waals surface area contributed by atoms with Gasteiger partial charge < -0.3 is 10.1 Å². The SMILES string of the molecule is CCc1ccc(NC(=O)c2ccc(COCC(F)(F)F)cc2)cc1S(N)(=O)=O. The van der Waals surface area contributed by atoms with Gasteiger partial charge in [-0.2, -0.15) is 13.2 Å². The highest BCUT2D eigenvalue weighted by atomic mass is 32.2. The highest BCUT2D eigenvalue weighted by molar-refractivity contribution is 7.89. The lowest BCUT2D eigenvalue weighted by Gasteiger charge is -2.11. The zero-order chi connectivity index (χ0) is 20.9. The van der Waals surface area contributed by atoms with Gasteiger partial charge in [-0.3, -0.25) is 4.79 Å². The van der Waals surface area contributed by atoms with E-state index in [9.17, 15) is 26.4 Å². The van der Waals surface area contributed by atoms with E-state index in [1.807, 2.05) is 0 Å². The molecule has 0 fully saturated rings. The average Bonchev–Trinajstić information content (AvgIpc) is 2.60. The molecule has 2 aromatic carbocycles. The Morgan fingerprint density at radius 2 is 1.79 bits per heavy atom. The Kier molecular flexibility index (Phi) is 6.81. The number of nitrogens with two attached hydrogens (primary N) is 1. The maximum absolute atomic E-state index is 12.3. The van der Waals surface area contributed by atoms with Crippen LogP contribution in [0.3, 0.4) is 0 Å². The number of carbonyl (C=O) groups is 1. The molecule has 0 radical (unpaired) electrons. The van der Waals surface area contributed by atoms with E-state index >= 15 is 0 Å². The first-order valence-electron chi connectivity index (χ1n) is 8.20. The summed E-state index contributed by atoms with van der Waals surface area (Å²) in [5.74, 6) is -0.507. The number of ether oxygens (including phenoxy) is 1. The topological polar surface area (TPSA) is 98.5 Å². The van der Waals surface area contributed by atoms with Crippen LogP contribution < -0.4 is 10.5 Å². The lowest BCUT2D eigenvalue weighted by atomic mass is 10.1. The van der Waals surface area contributed by atoms with Gasteiger partial charge in [0, 0.05) is 11.3 Å². The zero-order valence-electron chi connectivity index (χ0n) is 14.9. The lowest BCUT2D eigenvalue weighted by Crippen LogP contribution is -2.17. The van der Waals surface area contributed by atoms with Crippen molar-refractivity contribution in [2.24, 2.45) is 5.14 Å². The van der Waals surface area contributed by atoms with Crippen LogP contribution in [-0.4, -0.2) is 27.1 Å². The molecule has 2 rings (SSSR count). The Morgan fingerprint density at radius 3 is 2.32 bits per heavy atom. The van der Waals surface area contributed by atoms with Gasteiger partial charge in [-0.05, 0) is 41.8 Å². The number of benzene rings is 2. The van der Waals surface area contributed by atoms with E-state index in [4.69, 9.17) is 5.14 Å². The lowest BCUT2D eigenvalue weighted by molar-refractivity contribution is -0.176. The predicted octanol–water partition coefficient (Wildman–Crippen LogP) is 3.23. The van der Waals surface area contributed by atoms with Gasteiger partial charge in [0.25, 0.3) is 5.91 Å². The second kappa shape index (κ2) is 8.72. The minimum Gasteiger partial charge on any atom is -0.367 e. The molecule has 2 aromatic rings. The molecule has 0 atom stereocenters. The molecule has 0 aliphatic heterocycles. The molecule has 0 aromatic heterocycles. The zero-order valence-corrected chi connectivity index (χ0v) is 15.7. The van der Waals surface area contributed by atoms with Crippen molar-refractivity contribution in [1.82, 2.24) is 0 Å². The largest absolute Gasteiger partial charge is 0.411 e. The summed E-state index contributed by atoms with van der Waals surface area (Å²) < 4.78 is 64.1. The van der Waals surface area contributed by atoms with E-state index in [-0.39, 0.29) is 22.8 Å². The van der Waals surface area contributed by atoms with Gasteiger partial charge in [0.2, 0.25) is 10.0 Å². The van der Waals surface area contributed by atoms with Crippen LogP contribution in [0.5, 0.6) is 0 Å². The number of hydrogen-bond donors (Lipinski definition) is 2. The summed E-state index contributed by atoms with van der Waals surface area (Å²) in [5.41, 5.74) is 1.51. The van der Waals surface area contributed by atoms with Gasteiger partial charge in [-0.1, -0.05) is 25.1 Å². The summed E-state index contributed by atoms with van der Waals surface area (Å²) >= 11 is 0. The minimum absolute atomic E-state index is 0.0649. The molecule has 0 aliphatic carbocycles. The number of rotatable bonds is 7. The molecular formula is C18H19F3N2O4S. The van der Waals surface area contributed by atoms with E-state index in [0.29, 0.717) is 17.5 Å². The van der Waals surface area contributed by atoms with Gasteiger partial charge in [0.1, 0.15) is 6.61 Å². The maximum Gasteiger partial charge on any atom is 0.411 e. The Hall–Kier alpha value is -2.43. The summed E-state index contributed by atoms with van der Waals surface area (Å²) in [6.07, 6.45) is -3.94. The molecule has 10 heteroatoms. The molecule has 6 nitrogen and oxygen atoms in total. The first-order chi connectivity index (χ1) is 13.0. The molecule has 0 aliphatic rings. The van der Waals surface area contributed by atoms with Crippen molar-refractivity contribution in [1.29, 1.82) is 0 Å². The second-order valence-corrected chi connectivity index (χ2v) is 7.51. The Bertz CT molecular complexity index is 942. The number of alkyl halides is 3. The summed E-state index contributed by atoms with van der Waals surface area (Å²) in [5, 5.41) is 7.77. The molecule has 0 bridgehead atoms. The fourth-order valence-electron chi connectivity index (χ4n) is 2.43. The number of carbonyl (C=O) groups excluding carboxylic acids is 1. The van der Waals surface area contributed by atoms with E-state index < -0.39 is 28.7 Å². The van der Waals surface area contributed by atoms with Crippen LogP contribution in [0.1, 0.15) is 28.4 Å². The summed E-state index contributed by atoms with van der Waals surface area (Å²) in [7, 11) is -3.94. The molecule has 28 heavy (non-hydrogen) atoms. The third kappa shape index (κ3) is 6.32. The molecule has 3 N–H and O–H groups in total. The van der Waals surface area contributed by atoms with Crippen molar-refractivity contribution in [3.63, 3.8) is 0 Å². The van der Waals surface area contributed by atoms with Crippen LogP contribution in [0.25, 0.3) is 0 Å². The van der Waals surface area contributed by atoms with Gasteiger partial charge >= 0.3 is 6.18 Å². The standard InChI is InChI=1S/C18H19F3N2O4S/c1-2-13-7-8-15(9-16(13)28(22,25)26)23-17(24)14-5-3-12(4-6-14)10-27-11-18(19,20)21/h3-9H,2,10-11H2,1H3,(H,23,24)(H2,22,25,26). The Balaban J connectivity index is 2.07. The van der Waals surface area contributed by atoms with Gasteiger partial charge in [-0.15, -0.1) is 0 Å². The highest BCUT2D eigenvalue weighted by Gasteiger charge is 2.27. The molecule has 0 saturated heterocycles. The van der Waals surface area contributed by atoms with E-state index in [2.05, 4.69) is 10.1 Å². The number of halogens is 3. The van der Waals surface area contributed by atoms with E-state index in [1.54, 1.807) is 19.1 Å². The predicted molar refractivity (Wildman–Crippen MR) is 97.3 cm³/mol. The summed E-state index contributed by atoms with van der Waals surface area (Å²) in [4.78, 5) is 12.2. The van der Waals surface area contributed by atoms with Crippen LogP contribution in [0.4, 0.5) is 18.9 Å². The minimum atomic E-state index is -4.40. The number of primary sulfonamides is 1. The quantitative estimate of drug-likeness (QED) is 0.724. The summed E-state index contributed by atoms with van der Waals surface area (Å²) in [6.45, 7) is 0.190. The third-order valence-corrected chi connectivity index (χ3v) is 4.76. The van der Waals surface area contributed by atoms with Gasteiger partial charge in [0.15, 0.2) is 0 Å². The molecule has 0 saturated carbocycles. The number of anilines is 1. The number of sulfonamides is 1. The fourth-order valence-corrected chi connectivity index (χ4v) is 3.30. The van der Waals surface area contributed by atoms with Crippen molar-refractivity contribution in [2.45, 2.75) is 31.0 Å². The first kappa shape index (κ1) is 21.9. The second-order valence-electron chi connectivity index (χ2n) is 5.98. The van der Waals surface area contributed by atoms with E-state index in [1.165, 1.54) is 30.3 Å². The molecule has 152 valence electrons. The smallest absolute Gasteiger partial charge is 0.367 e. The molecule has 0 unspecified atom stereocenters. The number of aryl methyl sites for hydroxylation is 1. The Morgan fingerprint density at radius 1 is 1.14 bits per heavy atom. The monoisotopic (exact) mass is 416 g/mol. The van der Waals surface area contributed by atoms with Crippen molar-refractivity contribution < 1.29 is 31.1 Å². The number of hydrogen-bond acceptors (Lipinski definition) is 4. The number of amides is 1. The molecular weight excluding hydrogens is 397 g/mol. The van der Waals surface area contributed by atoms with Gasteiger partial charge in [0.05, 0.1) is 11.5 Å².